The summed E-state index contributed by atoms with van der Waals surface area (Å²) in [5, 5.41) is 9.42. The number of aliphatic hydroxyl groups is 1. The first-order valence-electron chi connectivity index (χ1n) is 4.57. The Morgan fingerprint density at radius 3 is 3.08 bits per heavy atom. The molecule has 0 amide bonds. The number of hydrogen-bond donors (Lipinski definition) is 1. The van der Waals surface area contributed by atoms with Gasteiger partial charge < -0.3 is 14.6 Å². The second-order valence-electron chi connectivity index (χ2n) is 3.43. The minimum Gasteiger partial charge on any atom is -0.391 e. The maximum atomic E-state index is 9.42. The lowest BCUT2D eigenvalue weighted by molar-refractivity contribution is 0.00618. The first-order chi connectivity index (χ1) is 5.83. The van der Waals surface area contributed by atoms with Crippen molar-refractivity contribution in [2.24, 2.45) is 5.92 Å². The fourth-order valence-electron chi connectivity index (χ4n) is 1.64. The van der Waals surface area contributed by atoms with Gasteiger partial charge in [-0.2, -0.15) is 0 Å². The first kappa shape index (κ1) is 9.96. The highest BCUT2D eigenvalue weighted by atomic mass is 16.5. The molecule has 1 rings (SSSR count). The Kier molecular flexibility index (Phi) is 4.58. The van der Waals surface area contributed by atoms with Gasteiger partial charge in [-0.15, -0.1) is 0 Å². The molecule has 0 aliphatic carbocycles. The van der Waals surface area contributed by atoms with E-state index in [1.165, 1.54) is 6.42 Å². The van der Waals surface area contributed by atoms with Crippen LogP contribution in [-0.4, -0.2) is 38.1 Å². The Labute approximate surface area is 73.7 Å². The summed E-state index contributed by atoms with van der Waals surface area (Å²) in [5.41, 5.74) is 0. The SMILES string of the molecule is COCC(O)CC1CCCOC1. The van der Waals surface area contributed by atoms with Crippen LogP contribution in [0.5, 0.6) is 0 Å². The molecule has 0 radical (unpaired) electrons. The Hall–Kier alpha value is -0.120. The molecular weight excluding hydrogens is 156 g/mol. The fourth-order valence-corrected chi connectivity index (χ4v) is 1.64. The van der Waals surface area contributed by atoms with E-state index in [0.29, 0.717) is 12.5 Å². The highest BCUT2D eigenvalue weighted by Crippen LogP contribution is 2.18. The van der Waals surface area contributed by atoms with E-state index in [4.69, 9.17) is 9.47 Å². The van der Waals surface area contributed by atoms with Gasteiger partial charge in [0.05, 0.1) is 12.7 Å². The van der Waals surface area contributed by atoms with Gasteiger partial charge in [0.1, 0.15) is 0 Å². The van der Waals surface area contributed by atoms with Crippen LogP contribution in [0.4, 0.5) is 0 Å². The van der Waals surface area contributed by atoms with Crippen LogP contribution in [0.3, 0.4) is 0 Å². The van der Waals surface area contributed by atoms with Gasteiger partial charge in [-0.05, 0) is 25.2 Å². The minimum absolute atomic E-state index is 0.318. The monoisotopic (exact) mass is 174 g/mol. The van der Waals surface area contributed by atoms with Crippen molar-refractivity contribution in [2.45, 2.75) is 25.4 Å². The molecular formula is C9H18O3. The molecule has 1 heterocycles. The molecule has 0 aromatic carbocycles. The van der Waals surface area contributed by atoms with Gasteiger partial charge in [0.25, 0.3) is 0 Å². The van der Waals surface area contributed by atoms with Gasteiger partial charge in [0.2, 0.25) is 0 Å². The van der Waals surface area contributed by atoms with E-state index in [9.17, 15) is 5.11 Å². The molecule has 1 saturated heterocycles. The third kappa shape index (κ3) is 3.52. The predicted octanol–water partition coefficient (Wildman–Crippen LogP) is 0.810. The third-order valence-electron chi connectivity index (χ3n) is 2.22. The zero-order chi connectivity index (χ0) is 8.81. The summed E-state index contributed by atoms with van der Waals surface area (Å²) in [7, 11) is 1.61. The van der Waals surface area contributed by atoms with E-state index in [2.05, 4.69) is 0 Å². The molecule has 0 saturated carbocycles. The quantitative estimate of drug-likeness (QED) is 0.685. The van der Waals surface area contributed by atoms with E-state index >= 15 is 0 Å². The lowest BCUT2D eigenvalue weighted by Gasteiger charge is -2.23. The molecule has 0 bridgehead atoms. The summed E-state index contributed by atoms with van der Waals surface area (Å²) in [4.78, 5) is 0. The van der Waals surface area contributed by atoms with Crippen LogP contribution in [0.2, 0.25) is 0 Å². The zero-order valence-corrected chi connectivity index (χ0v) is 7.66. The number of methoxy groups -OCH3 is 1. The largest absolute Gasteiger partial charge is 0.391 e. The molecule has 1 N–H and O–H groups in total. The molecule has 12 heavy (non-hydrogen) atoms. The van der Waals surface area contributed by atoms with Crippen LogP contribution in [0.25, 0.3) is 0 Å². The molecule has 3 nitrogen and oxygen atoms in total. The molecule has 2 atom stereocenters. The summed E-state index contributed by atoms with van der Waals surface area (Å²) >= 11 is 0. The van der Waals surface area contributed by atoms with Gasteiger partial charge in [-0.3, -0.25) is 0 Å². The smallest absolute Gasteiger partial charge is 0.0777 e. The van der Waals surface area contributed by atoms with Crippen LogP contribution in [0.1, 0.15) is 19.3 Å². The Morgan fingerprint density at radius 1 is 1.67 bits per heavy atom. The highest BCUT2D eigenvalue weighted by Gasteiger charge is 2.17. The van der Waals surface area contributed by atoms with Crippen molar-refractivity contribution in [2.75, 3.05) is 26.9 Å². The maximum absolute atomic E-state index is 9.42. The molecule has 0 aromatic rings. The van der Waals surface area contributed by atoms with Crippen LogP contribution in [0, 0.1) is 5.92 Å². The summed E-state index contributed by atoms with van der Waals surface area (Å²) < 4.78 is 10.2. The van der Waals surface area contributed by atoms with E-state index in [1.807, 2.05) is 0 Å². The molecule has 1 aliphatic rings. The van der Waals surface area contributed by atoms with Gasteiger partial charge in [-0.25, -0.2) is 0 Å². The molecule has 2 unspecified atom stereocenters. The lowest BCUT2D eigenvalue weighted by Crippen LogP contribution is -2.24. The van der Waals surface area contributed by atoms with E-state index in [0.717, 1.165) is 26.1 Å². The Bertz CT molecular complexity index is 110. The van der Waals surface area contributed by atoms with Gasteiger partial charge in [-0.1, -0.05) is 0 Å². The number of aliphatic hydroxyl groups excluding tert-OH is 1. The van der Waals surface area contributed by atoms with Crippen molar-refractivity contribution < 1.29 is 14.6 Å². The van der Waals surface area contributed by atoms with Gasteiger partial charge in [0, 0.05) is 20.3 Å². The lowest BCUT2D eigenvalue weighted by atomic mass is 9.96. The van der Waals surface area contributed by atoms with Crippen molar-refractivity contribution in [3.05, 3.63) is 0 Å². The molecule has 72 valence electrons. The maximum Gasteiger partial charge on any atom is 0.0777 e. The van der Waals surface area contributed by atoms with Crippen LogP contribution in [0.15, 0.2) is 0 Å². The van der Waals surface area contributed by atoms with Gasteiger partial charge in [0.15, 0.2) is 0 Å². The van der Waals surface area contributed by atoms with E-state index < -0.39 is 0 Å². The van der Waals surface area contributed by atoms with Crippen molar-refractivity contribution in [3.8, 4) is 0 Å². The molecule has 0 spiro atoms. The van der Waals surface area contributed by atoms with E-state index in [1.54, 1.807) is 7.11 Å². The zero-order valence-electron chi connectivity index (χ0n) is 7.66. The highest BCUT2D eigenvalue weighted by molar-refractivity contribution is 4.67. The fraction of sp³-hybridized carbons (Fsp3) is 1.00. The Balaban J connectivity index is 2.11. The molecule has 1 fully saturated rings. The summed E-state index contributed by atoms with van der Waals surface area (Å²) in [5.74, 6) is 0.531. The molecule has 0 aromatic heterocycles. The van der Waals surface area contributed by atoms with Gasteiger partial charge >= 0.3 is 0 Å². The standard InChI is InChI=1S/C9H18O3/c1-11-7-9(10)5-8-3-2-4-12-6-8/h8-10H,2-7H2,1H3. The number of rotatable bonds is 4. The number of hydrogen-bond acceptors (Lipinski definition) is 3. The molecule has 3 heteroatoms. The average Bonchev–Trinajstić information content (AvgIpc) is 2.06. The average molecular weight is 174 g/mol. The minimum atomic E-state index is -0.318. The van der Waals surface area contributed by atoms with Crippen LogP contribution in [-0.2, 0) is 9.47 Å². The van der Waals surface area contributed by atoms with Crippen molar-refractivity contribution in [1.82, 2.24) is 0 Å². The normalized spacial score (nSPS) is 27.0. The van der Waals surface area contributed by atoms with Crippen molar-refractivity contribution in [1.29, 1.82) is 0 Å². The first-order valence-corrected chi connectivity index (χ1v) is 4.57. The van der Waals surface area contributed by atoms with Crippen molar-refractivity contribution in [3.63, 3.8) is 0 Å². The third-order valence-corrected chi connectivity index (χ3v) is 2.22. The molecule has 1 aliphatic heterocycles. The van der Waals surface area contributed by atoms with Crippen LogP contribution < -0.4 is 0 Å². The predicted molar refractivity (Wildman–Crippen MR) is 46.0 cm³/mol. The summed E-state index contributed by atoms with van der Waals surface area (Å²) in [6.07, 6.45) is 2.81. The Morgan fingerprint density at radius 2 is 2.50 bits per heavy atom. The summed E-state index contributed by atoms with van der Waals surface area (Å²) in [6.45, 7) is 2.13. The topological polar surface area (TPSA) is 38.7 Å². The van der Waals surface area contributed by atoms with E-state index in [-0.39, 0.29) is 6.10 Å². The summed E-state index contributed by atoms with van der Waals surface area (Å²) in [6, 6.07) is 0. The van der Waals surface area contributed by atoms with Crippen LogP contribution >= 0.6 is 0 Å². The van der Waals surface area contributed by atoms with Crippen molar-refractivity contribution >= 4 is 0 Å². The second kappa shape index (κ2) is 5.51. The number of ether oxygens (including phenoxy) is 2. The second-order valence-corrected chi connectivity index (χ2v) is 3.43.